The number of hydrogen-bond donors (Lipinski definition) is 0. The summed E-state index contributed by atoms with van der Waals surface area (Å²) in [5.74, 6) is 0.760. The zero-order chi connectivity index (χ0) is 21.5. The molecule has 0 radical (unpaired) electrons. The van der Waals surface area contributed by atoms with Crippen molar-refractivity contribution in [1.82, 2.24) is 9.47 Å². The number of carbonyl (C=O) groups excluding carboxylic acids is 1. The Labute approximate surface area is 176 Å². The zero-order valence-corrected chi connectivity index (χ0v) is 17.6. The molecule has 30 heavy (non-hydrogen) atoms. The van der Waals surface area contributed by atoms with Crippen molar-refractivity contribution in [3.05, 3.63) is 83.4 Å². The minimum absolute atomic E-state index is 0.102. The second-order valence-corrected chi connectivity index (χ2v) is 7.05. The number of methoxy groups -OCH3 is 2. The van der Waals surface area contributed by atoms with Gasteiger partial charge in [-0.15, -0.1) is 0 Å². The molecule has 1 heterocycles. The average molecular weight is 410 g/mol. The van der Waals surface area contributed by atoms with Crippen LogP contribution in [-0.4, -0.2) is 36.1 Å². The van der Waals surface area contributed by atoms with Crippen molar-refractivity contribution in [1.29, 1.82) is 0 Å². The van der Waals surface area contributed by atoms with Gasteiger partial charge in [-0.1, -0.05) is 19.1 Å². The minimum atomic E-state index is -0.254. The molecule has 0 atom stereocenters. The van der Waals surface area contributed by atoms with Crippen LogP contribution in [0.15, 0.2) is 60.8 Å². The van der Waals surface area contributed by atoms with E-state index in [4.69, 9.17) is 9.47 Å². The lowest BCUT2D eigenvalue weighted by molar-refractivity contribution is 0.0736. The Kier molecular flexibility index (Phi) is 7.12. The Bertz CT molecular complexity index is 1000. The maximum absolute atomic E-state index is 13.5. The van der Waals surface area contributed by atoms with Gasteiger partial charge in [0.25, 0.3) is 5.91 Å². The van der Waals surface area contributed by atoms with Crippen molar-refractivity contribution in [3.63, 3.8) is 0 Å². The molecule has 0 fully saturated rings. The number of carbonyl (C=O) groups is 1. The van der Waals surface area contributed by atoms with Crippen molar-refractivity contribution in [2.24, 2.45) is 0 Å². The zero-order valence-electron chi connectivity index (χ0n) is 17.6. The molecule has 0 unspecified atom stereocenters. The van der Waals surface area contributed by atoms with Crippen LogP contribution in [0.4, 0.5) is 4.39 Å². The third kappa shape index (κ3) is 5.00. The van der Waals surface area contributed by atoms with E-state index in [1.165, 1.54) is 12.1 Å². The van der Waals surface area contributed by atoms with Gasteiger partial charge in [0.2, 0.25) is 0 Å². The first kappa shape index (κ1) is 21.4. The topological polar surface area (TPSA) is 43.7 Å². The molecule has 0 aliphatic rings. The number of halogens is 1. The van der Waals surface area contributed by atoms with Crippen molar-refractivity contribution in [2.45, 2.75) is 26.4 Å². The Morgan fingerprint density at radius 2 is 1.90 bits per heavy atom. The second-order valence-electron chi connectivity index (χ2n) is 7.05. The fourth-order valence-corrected chi connectivity index (χ4v) is 3.44. The number of hydrogen-bond acceptors (Lipinski definition) is 3. The van der Waals surface area contributed by atoms with Gasteiger partial charge >= 0.3 is 0 Å². The van der Waals surface area contributed by atoms with Crippen molar-refractivity contribution in [3.8, 4) is 11.5 Å². The SMILES string of the molecule is CCCN(Cc1cccn1Cc1cccc(F)c1)C(=O)c1ccc(OC)cc1OC. The summed E-state index contributed by atoms with van der Waals surface area (Å²) in [6.07, 6.45) is 2.78. The van der Waals surface area contributed by atoms with Crippen LogP contribution in [-0.2, 0) is 13.1 Å². The van der Waals surface area contributed by atoms with E-state index in [0.29, 0.717) is 36.7 Å². The summed E-state index contributed by atoms with van der Waals surface area (Å²) in [4.78, 5) is 15.1. The van der Waals surface area contributed by atoms with E-state index in [2.05, 4.69) is 0 Å². The van der Waals surface area contributed by atoms with E-state index in [1.807, 2.05) is 40.8 Å². The van der Waals surface area contributed by atoms with E-state index in [1.54, 1.807) is 38.5 Å². The molecular weight excluding hydrogens is 383 g/mol. The third-order valence-corrected chi connectivity index (χ3v) is 4.94. The molecule has 158 valence electrons. The largest absolute Gasteiger partial charge is 0.497 e. The predicted octanol–water partition coefficient (Wildman–Crippen LogP) is 4.75. The molecular formula is C24H27FN2O3. The van der Waals surface area contributed by atoms with Crippen LogP contribution in [0, 0.1) is 5.82 Å². The summed E-state index contributed by atoms with van der Waals surface area (Å²) in [7, 11) is 3.12. The smallest absolute Gasteiger partial charge is 0.257 e. The van der Waals surface area contributed by atoms with Gasteiger partial charge in [0.1, 0.15) is 17.3 Å². The lowest BCUT2D eigenvalue weighted by atomic mass is 10.1. The van der Waals surface area contributed by atoms with Gasteiger partial charge in [-0.25, -0.2) is 4.39 Å². The summed E-state index contributed by atoms with van der Waals surface area (Å²) in [5, 5.41) is 0. The quantitative estimate of drug-likeness (QED) is 0.512. The molecule has 2 aromatic carbocycles. The molecule has 5 nitrogen and oxygen atoms in total. The molecule has 0 spiro atoms. The number of amides is 1. The van der Waals surface area contributed by atoms with Gasteiger partial charge in [-0.3, -0.25) is 4.79 Å². The number of nitrogens with zero attached hydrogens (tertiary/aromatic N) is 2. The summed E-state index contributed by atoms with van der Waals surface area (Å²) in [6.45, 7) is 3.64. The van der Waals surface area contributed by atoms with E-state index in [-0.39, 0.29) is 11.7 Å². The Morgan fingerprint density at radius 1 is 1.07 bits per heavy atom. The lowest BCUT2D eigenvalue weighted by Gasteiger charge is -2.24. The molecule has 0 bridgehead atoms. The molecule has 0 saturated carbocycles. The average Bonchev–Trinajstić information content (AvgIpc) is 3.19. The fourth-order valence-electron chi connectivity index (χ4n) is 3.44. The van der Waals surface area contributed by atoms with E-state index in [9.17, 15) is 9.18 Å². The summed E-state index contributed by atoms with van der Waals surface area (Å²) in [6, 6.07) is 15.7. The molecule has 0 N–H and O–H groups in total. The van der Waals surface area contributed by atoms with Gasteiger partial charge in [0.05, 0.1) is 26.3 Å². The van der Waals surface area contributed by atoms with Gasteiger partial charge in [0, 0.05) is 31.0 Å². The summed E-state index contributed by atoms with van der Waals surface area (Å²) >= 11 is 0. The number of aromatic nitrogens is 1. The highest BCUT2D eigenvalue weighted by molar-refractivity contribution is 5.97. The monoisotopic (exact) mass is 410 g/mol. The van der Waals surface area contributed by atoms with Crippen molar-refractivity contribution >= 4 is 5.91 Å². The van der Waals surface area contributed by atoms with Crippen LogP contribution >= 0.6 is 0 Å². The molecule has 3 aromatic rings. The van der Waals surface area contributed by atoms with Crippen LogP contribution in [0.2, 0.25) is 0 Å². The second kappa shape index (κ2) is 9.96. The van der Waals surface area contributed by atoms with Crippen LogP contribution in [0.1, 0.15) is 35.0 Å². The highest BCUT2D eigenvalue weighted by atomic mass is 19.1. The molecule has 0 aliphatic carbocycles. The Morgan fingerprint density at radius 3 is 2.60 bits per heavy atom. The first-order valence-electron chi connectivity index (χ1n) is 9.95. The van der Waals surface area contributed by atoms with E-state index >= 15 is 0 Å². The van der Waals surface area contributed by atoms with E-state index in [0.717, 1.165) is 17.7 Å². The molecule has 1 amide bonds. The maximum atomic E-state index is 13.5. The van der Waals surface area contributed by atoms with Crippen LogP contribution in [0.3, 0.4) is 0 Å². The van der Waals surface area contributed by atoms with E-state index < -0.39 is 0 Å². The van der Waals surface area contributed by atoms with Crippen LogP contribution < -0.4 is 9.47 Å². The maximum Gasteiger partial charge on any atom is 0.257 e. The number of rotatable bonds is 9. The molecule has 6 heteroatoms. The Hall–Kier alpha value is -3.28. The highest BCUT2D eigenvalue weighted by Crippen LogP contribution is 2.26. The van der Waals surface area contributed by atoms with Crippen LogP contribution in [0.5, 0.6) is 11.5 Å². The predicted molar refractivity (Wildman–Crippen MR) is 115 cm³/mol. The first-order valence-corrected chi connectivity index (χ1v) is 9.95. The summed E-state index contributed by atoms with van der Waals surface area (Å²) in [5.41, 5.74) is 2.35. The third-order valence-electron chi connectivity index (χ3n) is 4.94. The Balaban J connectivity index is 1.83. The minimum Gasteiger partial charge on any atom is -0.497 e. The normalized spacial score (nSPS) is 10.7. The van der Waals surface area contributed by atoms with Gasteiger partial charge in [-0.2, -0.15) is 0 Å². The molecule has 0 aliphatic heterocycles. The highest BCUT2D eigenvalue weighted by Gasteiger charge is 2.21. The van der Waals surface area contributed by atoms with Gasteiger partial charge in [0.15, 0.2) is 0 Å². The number of benzene rings is 2. The summed E-state index contributed by atoms with van der Waals surface area (Å²) < 4.78 is 26.2. The van der Waals surface area contributed by atoms with Crippen LogP contribution in [0.25, 0.3) is 0 Å². The lowest BCUT2D eigenvalue weighted by Crippen LogP contribution is -2.32. The van der Waals surface area contributed by atoms with Gasteiger partial charge < -0.3 is 18.9 Å². The molecule has 1 aromatic heterocycles. The van der Waals surface area contributed by atoms with Gasteiger partial charge in [-0.05, 0) is 48.4 Å². The number of ether oxygens (including phenoxy) is 2. The van der Waals surface area contributed by atoms with Crippen molar-refractivity contribution < 1.29 is 18.7 Å². The molecule has 0 saturated heterocycles. The first-order chi connectivity index (χ1) is 14.5. The standard InChI is InChI=1S/C24H27FN2O3/c1-4-12-27(24(28)22-11-10-21(29-2)15-23(22)30-3)17-20-9-6-13-26(20)16-18-7-5-8-19(25)14-18/h5-11,13-15H,4,12,16-17H2,1-3H3. The van der Waals surface area contributed by atoms with Crippen molar-refractivity contribution in [2.75, 3.05) is 20.8 Å². The fraction of sp³-hybridized carbons (Fsp3) is 0.292. The molecule has 3 rings (SSSR count).